The Hall–Kier alpha value is -1.91. The molecule has 2 aromatic carbocycles. The van der Waals surface area contributed by atoms with Crippen LogP contribution in [-0.4, -0.2) is 8.42 Å². The molecule has 0 aliphatic heterocycles. The molecule has 0 saturated carbocycles. The van der Waals surface area contributed by atoms with E-state index in [2.05, 4.69) is 4.72 Å². The van der Waals surface area contributed by atoms with Crippen LogP contribution in [0.1, 0.15) is 24.9 Å². The van der Waals surface area contributed by atoms with Gasteiger partial charge in [0.25, 0.3) is 0 Å². The molecule has 0 aromatic heterocycles. The first-order valence-electron chi connectivity index (χ1n) is 6.87. The summed E-state index contributed by atoms with van der Waals surface area (Å²) in [5.41, 5.74) is 0.954. The van der Waals surface area contributed by atoms with Gasteiger partial charge in [-0.05, 0) is 31.0 Å². The van der Waals surface area contributed by atoms with Gasteiger partial charge in [-0.1, -0.05) is 60.7 Å². The Morgan fingerprint density at radius 3 is 2.14 bits per heavy atom. The lowest BCUT2D eigenvalue weighted by molar-refractivity contribution is 0.557. The molecule has 110 valence electrons. The normalized spacial score (nSPS) is 13.4. The van der Waals surface area contributed by atoms with E-state index in [0.29, 0.717) is 6.42 Å². The zero-order valence-electron chi connectivity index (χ0n) is 11.9. The third-order valence-corrected chi connectivity index (χ3v) is 4.65. The molecule has 0 saturated heterocycles. The maximum absolute atomic E-state index is 12.4. The van der Waals surface area contributed by atoms with Gasteiger partial charge < -0.3 is 0 Å². The van der Waals surface area contributed by atoms with Gasteiger partial charge in [-0.25, -0.2) is 13.1 Å². The van der Waals surface area contributed by atoms with Crippen LogP contribution in [0, 0.1) is 0 Å². The molecule has 1 N–H and O–H groups in total. The van der Waals surface area contributed by atoms with Crippen LogP contribution >= 0.6 is 0 Å². The lowest BCUT2D eigenvalue weighted by Crippen LogP contribution is -2.28. The van der Waals surface area contributed by atoms with Crippen molar-refractivity contribution in [1.29, 1.82) is 0 Å². The molecule has 0 radical (unpaired) electrons. The summed E-state index contributed by atoms with van der Waals surface area (Å²) < 4.78 is 27.7. The van der Waals surface area contributed by atoms with Crippen molar-refractivity contribution in [2.45, 2.75) is 24.3 Å². The summed E-state index contributed by atoms with van der Waals surface area (Å²) in [6.07, 6.45) is 4.50. The highest BCUT2D eigenvalue weighted by atomic mass is 32.2. The third kappa shape index (κ3) is 4.28. The highest BCUT2D eigenvalue weighted by Gasteiger charge is 2.20. The maximum atomic E-state index is 12.4. The van der Waals surface area contributed by atoms with Gasteiger partial charge in [0.05, 0.1) is 10.9 Å². The number of benzene rings is 2. The molecular weight excluding hydrogens is 282 g/mol. The molecule has 4 heteroatoms. The molecule has 0 spiro atoms. The number of rotatable bonds is 6. The van der Waals surface area contributed by atoms with Crippen molar-refractivity contribution in [1.82, 2.24) is 4.72 Å². The third-order valence-electron chi connectivity index (χ3n) is 3.16. The summed E-state index contributed by atoms with van der Waals surface area (Å²) in [5, 5.41) is 0. The van der Waals surface area contributed by atoms with Crippen LogP contribution in [-0.2, 0) is 10.0 Å². The first-order chi connectivity index (χ1) is 10.1. The predicted molar refractivity (Wildman–Crippen MR) is 85.4 cm³/mol. The summed E-state index contributed by atoms with van der Waals surface area (Å²) in [6, 6.07) is 17.8. The number of hydrogen-bond donors (Lipinski definition) is 1. The molecule has 0 bridgehead atoms. The summed E-state index contributed by atoms with van der Waals surface area (Å²) in [5.74, 6) is 0. The van der Waals surface area contributed by atoms with Gasteiger partial charge in [0.2, 0.25) is 10.0 Å². The van der Waals surface area contributed by atoms with Crippen molar-refractivity contribution in [2.24, 2.45) is 0 Å². The minimum absolute atomic E-state index is 0.271. The quantitative estimate of drug-likeness (QED) is 0.827. The van der Waals surface area contributed by atoms with Crippen LogP contribution in [0.15, 0.2) is 77.7 Å². The Labute approximate surface area is 126 Å². The van der Waals surface area contributed by atoms with E-state index in [1.54, 1.807) is 30.3 Å². The first kappa shape index (κ1) is 15.5. The Balaban J connectivity index is 2.27. The number of hydrogen-bond acceptors (Lipinski definition) is 2. The Morgan fingerprint density at radius 2 is 1.57 bits per heavy atom. The molecule has 0 aliphatic carbocycles. The lowest BCUT2D eigenvalue weighted by atomic mass is 10.0. The molecule has 1 unspecified atom stereocenters. The van der Waals surface area contributed by atoms with Crippen LogP contribution in [0.5, 0.6) is 0 Å². The molecule has 0 heterocycles. The van der Waals surface area contributed by atoms with E-state index in [1.807, 2.05) is 49.4 Å². The second-order valence-corrected chi connectivity index (χ2v) is 6.42. The van der Waals surface area contributed by atoms with Crippen molar-refractivity contribution in [3.05, 3.63) is 78.4 Å². The smallest absolute Gasteiger partial charge is 0.207 e. The summed E-state index contributed by atoms with van der Waals surface area (Å²) in [6.45, 7) is 1.92. The second kappa shape index (κ2) is 7.20. The SMILES string of the molecule is C/C=C\CC(NS(=O)(=O)c1ccccc1)c1ccccc1. The van der Waals surface area contributed by atoms with Gasteiger partial charge in [0.1, 0.15) is 0 Å². The topological polar surface area (TPSA) is 46.2 Å². The van der Waals surface area contributed by atoms with Gasteiger partial charge in [0, 0.05) is 0 Å². The molecule has 0 aliphatic rings. The van der Waals surface area contributed by atoms with Crippen molar-refractivity contribution in [2.75, 3.05) is 0 Å². The van der Waals surface area contributed by atoms with Crippen LogP contribution in [0.25, 0.3) is 0 Å². The average Bonchev–Trinajstić information content (AvgIpc) is 2.53. The van der Waals surface area contributed by atoms with Crippen molar-refractivity contribution in [3.8, 4) is 0 Å². The molecule has 21 heavy (non-hydrogen) atoms. The minimum atomic E-state index is -3.52. The number of allylic oxidation sites excluding steroid dienone is 1. The number of nitrogens with one attached hydrogen (secondary N) is 1. The minimum Gasteiger partial charge on any atom is -0.207 e. The summed E-state index contributed by atoms with van der Waals surface area (Å²) >= 11 is 0. The zero-order valence-corrected chi connectivity index (χ0v) is 12.8. The van der Waals surface area contributed by atoms with Crippen molar-refractivity contribution < 1.29 is 8.42 Å². The maximum Gasteiger partial charge on any atom is 0.241 e. The van der Waals surface area contributed by atoms with Gasteiger partial charge in [-0.3, -0.25) is 0 Å². The van der Waals surface area contributed by atoms with E-state index in [9.17, 15) is 8.42 Å². The Bertz CT molecular complexity index is 679. The Kier molecular flexibility index (Phi) is 5.31. The molecule has 2 rings (SSSR count). The lowest BCUT2D eigenvalue weighted by Gasteiger charge is -2.18. The fourth-order valence-electron chi connectivity index (χ4n) is 2.06. The summed E-state index contributed by atoms with van der Waals surface area (Å²) in [7, 11) is -3.52. The molecule has 1 atom stereocenters. The fraction of sp³-hybridized carbons (Fsp3) is 0.176. The Morgan fingerprint density at radius 1 is 1.00 bits per heavy atom. The van der Waals surface area contributed by atoms with Gasteiger partial charge in [0.15, 0.2) is 0 Å². The molecule has 0 fully saturated rings. The highest BCUT2D eigenvalue weighted by Crippen LogP contribution is 2.20. The van der Waals surface area contributed by atoms with Gasteiger partial charge in [-0.2, -0.15) is 0 Å². The van der Waals surface area contributed by atoms with Crippen LogP contribution < -0.4 is 4.72 Å². The predicted octanol–water partition coefficient (Wildman–Crippen LogP) is 3.67. The van der Waals surface area contributed by atoms with E-state index in [0.717, 1.165) is 5.56 Å². The van der Waals surface area contributed by atoms with Gasteiger partial charge in [-0.15, -0.1) is 0 Å². The van der Waals surface area contributed by atoms with Crippen LogP contribution in [0.2, 0.25) is 0 Å². The first-order valence-corrected chi connectivity index (χ1v) is 8.35. The van der Waals surface area contributed by atoms with E-state index in [4.69, 9.17) is 0 Å². The molecule has 2 aromatic rings. The molecular formula is C17H19NO2S. The van der Waals surface area contributed by atoms with E-state index in [1.165, 1.54) is 0 Å². The standard InChI is InChI=1S/C17H19NO2S/c1-2-3-14-17(15-10-6-4-7-11-15)18-21(19,20)16-12-8-5-9-13-16/h2-13,17-18H,14H2,1H3/b3-2-. The molecule has 3 nitrogen and oxygen atoms in total. The van der Waals surface area contributed by atoms with E-state index < -0.39 is 10.0 Å². The summed E-state index contributed by atoms with van der Waals surface area (Å²) in [4.78, 5) is 0.284. The molecule has 0 amide bonds. The van der Waals surface area contributed by atoms with Crippen molar-refractivity contribution in [3.63, 3.8) is 0 Å². The number of sulfonamides is 1. The van der Waals surface area contributed by atoms with E-state index in [-0.39, 0.29) is 10.9 Å². The largest absolute Gasteiger partial charge is 0.241 e. The van der Waals surface area contributed by atoms with Crippen LogP contribution in [0.3, 0.4) is 0 Å². The zero-order chi connectivity index (χ0) is 15.1. The van der Waals surface area contributed by atoms with Crippen molar-refractivity contribution >= 4 is 10.0 Å². The van der Waals surface area contributed by atoms with Gasteiger partial charge >= 0.3 is 0 Å². The second-order valence-electron chi connectivity index (χ2n) is 4.70. The van der Waals surface area contributed by atoms with E-state index >= 15 is 0 Å². The fourth-order valence-corrected chi connectivity index (χ4v) is 3.32. The van der Waals surface area contributed by atoms with Crippen LogP contribution in [0.4, 0.5) is 0 Å². The highest BCUT2D eigenvalue weighted by molar-refractivity contribution is 7.89. The average molecular weight is 301 g/mol. The monoisotopic (exact) mass is 301 g/mol.